The van der Waals surface area contributed by atoms with Gasteiger partial charge < -0.3 is 15.0 Å². The largest absolute Gasteiger partial charge is 0.495 e. The molecule has 6 nitrogen and oxygen atoms in total. The number of amides is 2. The van der Waals surface area contributed by atoms with Gasteiger partial charge in [-0.05, 0) is 69.3 Å². The highest BCUT2D eigenvalue weighted by molar-refractivity contribution is 6.31. The molecule has 0 spiro atoms. The average molecular weight is 436 g/mol. The molecular weight excluding hydrogens is 402 g/mol. The molecule has 7 heteroatoms. The molecule has 1 aromatic carbocycles. The number of nitrogens with one attached hydrogen (secondary N) is 1. The van der Waals surface area contributed by atoms with Gasteiger partial charge in [0.2, 0.25) is 11.8 Å². The van der Waals surface area contributed by atoms with Crippen LogP contribution in [0.25, 0.3) is 0 Å². The Morgan fingerprint density at radius 2 is 1.90 bits per heavy atom. The van der Waals surface area contributed by atoms with E-state index in [1.807, 2.05) is 4.90 Å². The number of hydrogen-bond acceptors (Lipinski definition) is 4. The highest BCUT2D eigenvalue weighted by Gasteiger charge is 2.25. The van der Waals surface area contributed by atoms with E-state index in [2.05, 4.69) is 10.2 Å². The number of nitrogens with zero attached hydrogens (tertiary/aromatic N) is 2. The number of hydrogen-bond donors (Lipinski definition) is 1. The number of ether oxygens (including phenoxy) is 1. The average Bonchev–Trinajstić information content (AvgIpc) is 3.01. The van der Waals surface area contributed by atoms with Crippen LogP contribution in [0.15, 0.2) is 18.2 Å². The standard InChI is InChI=1S/C23H34ClN3O3/c1-30-21-10-9-19(24)15-20(21)25-22(28)11-8-18-7-6-14-27(16-18)23(29)17-26-12-4-2-3-5-13-26/h9-10,15,18H,2-8,11-14,16-17H2,1H3,(H,25,28). The number of carbonyl (C=O) groups is 2. The Balaban J connectivity index is 1.45. The molecular formula is C23H34ClN3O3. The van der Waals surface area contributed by atoms with Gasteiger partial charge in [-0.25, -0.2) is 0 Å². The summed E-state index contributed by atoms with van der Waals surface area (Å²) in [6.07, 6.45) is 8.24. The molecule has 166 valence electrons. The fraction of sp³-hybridized carbons (Fsp3) is 0.652. The fourth-order valence-corrected chi connectivity index (χ4v) is 4.61. The summed E-state index contributed by atoms with van der Waals surface area (Å²) in [6, 6.07) is 5.17. The van der Waals surface area contributed by atoms with E-state index in [9.17, 15) is 9.59 Å². The lowest BCUT2D eigenvalue weighted by Gasteiger charge is -2.34. The Bertz CT molecular complexity index is 720. The highest BCUT2D eigenvalue weighted by Crippen LogP contribution is 2.28. The first-order valence-corrected chi connectivity index (χ1v) is 11.6. The fourth-order valence-electron chi connectivity index (χ4n) is 4.44. The van der Waals surface area contributed by atoms with Crippen LogP contribution in [0.4, 0.5) is 5.69 Å². The van der Waals surface area contributed by atoms with Crippen molar-refractivity contribution in [2.24, 2.45) is 5.92 Å². The Morgan fingerprint density at radius 1 is 1.13 bits per heavy atom. The van der Waals surface area contributed by atoms with E-state index < -0.39 is 0 Å². The number of methoxy groups -OCH3 is 1. The second kappa shape index (κ2) is 11.6. The van der Waals surface area contributed by atoms with Crippen molar-refractivity contribution < 1.29 is 14.3 Å². The van der Waals surface area contributed by atoms with Crippen molar-refractivity contribution in [3.8, 4) is 5.75 Å². The zero-order chi connectivity index (χ0) is 21.3. The molecule has 1 N–H and O–H groups in total. The summed E-state index contributed by atoms with van der Waals surface area (Å²) in [7, 11) is 1.57. The smallest absolute Gasteiger partial charge is 0.236 e. The van der Waals surface area contributed by atoms with Crippen LogP contribution in [0, 0.1) is 5.92 Å². The van der Waals surface area contributed by atoms with Gasteiger partial charge >= 0.3 is 0 Å². The van der Waals surface area contributed by atoms with Crippen molar-refractivity contribution in [2.45, 2.75) is 51.4 Å². The molecule has 3 rings (SSSR count). The molecule has 1 aromatic rings. The molecule has 0 radical (unpaired) electrons. The number of anilines is 1. The number of halogens is 1. The second-order valence-corrected chi connectivity index (χ2v) is 8.91. The molecule has 2 amide bonds. The van der Waals surface area contributed by atoms with Crippen LogP contribution in [-0.2, 0) is 9.59 Å². The zero-order valence-corrected chi connectivity index (χ0v) is 18.8. The summed E-state index contributed by atoms with van der Waals surface area (Å²) < 4.78 is 5.28. The molecule has 2 aliphatic rings. The molecule has 2 saturated heterocycles. The first-order chi connectivity index (χ1) is 14.5. The van der Waals surface area contributed by atoms with Crippen LogP contribution in [0.2, 0.25) is 5.02 Å². The maximum Gasteiger partial charge on any atom is 0.236 e. The number of benzene rings is 1. The minimum absolute atomic E-state index is 0.0522. The Hall–Kier alpha value is -1.79. The van der Waals surface area contributed by atoms with Gasteiger partial charge in [0.25, 0.3) is 0 Å². The van der Waals surface area contributed by atoms with Crippen LogP contribution in [-0.4, -0.2) is 61.4 Å². The highest BCUT2D eigenvalue weighted by atomic mass is 35.5. The van der Waals surface area contributed by atoms with Gasteiger partial charge in [-0.2, -0.15) is 0 Å². The number of carbonyl (C=O) groups excluding carboxylic acids is 2. The van der Waals surface area contributed by atoms with Crippen molar-refractivity contribution in [1.82, 2.24) is 9.80 Å². The topological polar surface area (TPSA) is 61.9 Å². The van der Waals surface area contributed by atoms with E-state index in [1.54, 1.807) is 25.3 Å². The van der Waals surface area contributed by atoms with Crippen LogP contribution in [0.3, 0.4) is 0 Å². The quantitative estimate of drug-likeness (QED) is 0.697. The molecule has 2 fully saturated rings. The minimum Gasteiger partial charge on any atom is -0.495 e. The Morgan fingerprint density at radius 3 is 2.63 bits per heavy atom. The molecule has 0 bridgehead atoms. The van der Waals surface area contributed by atoms with Gasteiger partial charge in [-0.15, -0.1) is 0 Å². The van der Waals surface area contributed by atoms with Crippen molar-refractivity contribution in [2.75, 3.05) is 45.2 Å². The van der Waals surface area contributed by atoms with Gasteiger partial charge in [0, 0.05) is 24.5 Å². The van der Waals surface area contributed by atoms with Gasteiger partial charge in [0.05, 0.1) is 19.3 Å². The van der Waals surface area contributed by atoms with Gasteiger partial charge in [-0.3, -0.25) is 14.5 Å². The van der Waals surface area contributed by atoms with Crippen LogP contribution >= 0.6 is 11.6 Å². The molecule has 1 atom stereocenters. The third-order valence-corrected chi connectivity index (χ3v) is 6.38. The monoisotopic (exact) mass is 435 g/mol. The molecule has 2 aliphatic heterocycles. The van der Waals surface area contributed by atoms with E-state index in [0.29, 0.717) is 35.3 Å². The van der Waals surface area contributed by atoms with Gasteiger partial charge in [-0.1, -0.05) is 24.4 Å². The van der Waals surface area contributed by atoms with Crippen LogP contribution in [0.1, 0.15) is 51.4 Å². The number of rotatable bonds is 7. The predicted octanol–water partition coefficient (Wildman–Crippen LogP) is 4.18. The van der Waals surface area contributed by atoms with Crippen molar-refractivity contribution in [1.29, 1.82) is 0 Å². The summed E-state index contributed by atoms with van der Waals surface area (Å²) in [5.41, 5.74) is 0.591. The van der Waals surface area contributed by atoms with E-state index >= 15 is 0 Å². The maximum atomic E-state index is 12.8. The maximum absolute atomic E-state index is 12.8. The molecule has 2 heterocycles. The summed E-state index contributed by atoms with van der Waals surface area (Å²) in [6.45, 7) is 4.23. The van der Waals surface area contributed by atoms with Crippen LogP contribution < -0.4 is 10.1 Å². The number of likely N-dealkylation sites (tertiary alicyclic amines) is 2. The lowest BCUT2D eigenvalue weighted by Crippen LogP contribution is -2.45. The SMILES string of the molecule is COc1ccc(Cl)cc1NC(=O)CCC1CCCN(C(=O)CN2CCCCCC2)C1. The molecule has 0 aliphatic carbocycles. The van der Waals surface area contributed by atoms with E-state index in [4.69, 9.17) is 16.3 Å². The summed E-state index contributed by atoms with van der Waals surface area (Å²) in [5, 5.41) is 3.45. The lowest BCUT2D eigenvalue weighted by atomic mass is 9.93. The Kier molecular flexibility index (Phi) is 8.82. The Labute approximate surface area is 184 Å². The predicted molar refractivity (Wildman–Crippen MR) is 120 cm³/mol. The van der Waals surface area contributed by atoms with Crippen LogP contribution in [0.5, 0.6) is 5.75 Å². The first-order valence-electron chi connectivity index (χ1n) is 11.2. The summed E-state index contributed by atoms with van der Waals surface area (Å²) in [4.78, 5) is 29.6. The third-order valence-electron chi connectivity index (χ3n) is 6.14. The molecule has 0 saturated carbocycles. The summed E-state index contributed by atoms with van der Waals surface area (Å²) in [5.74, 6) is 1.16. The van der Waals surface area contributed by atoms with E-state index in [-0.39, 0.29) is 11.8 Å². The molecule has 30 heavy (non-hydrogen) atoms. The third kappa shape index (κ3) is 6.88. The van der Waals surface area contributed by atoms with Gasteiger partial charge in [0.1, 0.15) is 5.75 Å². The van der Waals surface area contributed by atoms with Gasteiger partial charge in [0.15, 0.2) is 0 Å². The normalized spacial score (nSPS) is 20.5. The minimum atomic E-state index is -0.0522. The van der Waals surface area contributed by atoms with Crippen molar-refractivity contribution >= 4 is 29.1 Å². The second-order valence-electron chi connectivity index (χ2n) is 8.47. The summed E-state index contributed by atoms with van der Waals surface area (Å²) >= 11 is 6.03. The zero-order valence-electron chi connectivity index (χ0n) is 18.0. The lowest BCUT2D eigenvalue weighted by molar-refractivity contribution is -0.134. The first kappa shape index (κ1) is 22.9. The number of piperidine rings is 1. The molecule has 1 unspecified atom stereocenters. The molecule has 0 aromatic heterocycles. The van der Waals surface area contributed by atoms with Crippen molar-refractivity contribution in [3.63, 3.8) is 0 Å². The van der Waals surface area contributed by atoms with E-state index in [1.165, 1.54) is 25.7 Å². The van der Waals surface area contributed by atoms with E-state index in [0.717, 1.165) is 45.4 Å². The van der Waals surface area contributed by atoms with Crippen molar-refractivity contribution in [3.05, 3.63) is 23.2 Å².